The highest BCUT2D eigenvalue weighted by atomic mass is 16.5. The molecular formula is C18H36N2O. The average molecular weight is 296 g/mol. The molecular weight excluding hydrogens is 260 g/mol. The van der Waals surface area contributed by atoms with Gasteiger partial charge in [-0.2, -0.15) is 0 Å². The Morgan fingerprint density at radius 2 is 1.71 bits per heavy atom. The third-order valence-electron chi connectivity index (χ3n) is 5.55. The molecule has 2 fully saturated rings. The minimum absolute atomic E-state index is 0.503. The second kappa shape index (κ2) is 7.94. The zero-order valence-electron chi connectivity index (χ0n) is 14.8. The number of likely N-dealkylation sites (tertiary alicyclic amines) is 1. The zero-order valence-corrected chi connectivity index (χ0v) is 14.8. The lowest BCUT2D eigenvalue weighted by Gasteiger charge is -2.50. The topological polar surface area (TPSA) is 24.5 Å². The molecule has 0 aromatic heterocycles. The van der Waals surface area contributed by atoms with Gasteiger partial charge in [-0.25, -0.2) is 0 Å². The summed E-state index contributed by atoms with van der Waals surface area (Å²) in [6.45, 7) is 15.7. The van der Waals surface area contributed by atoms with E-state index in [1.165, 1.54) is 32.4 Å². The molecule has 2 bridgehead atoms. The molecule has 0 radical (unpaired) electrons. The van der Waals surface area contributed by atoms with Crippen molar-refractivity contribution in [2.24, 2.45) is 17.8 Å². The van der Waals surface area contributed by atoms with Crippen LogP contribution >= 0.6 is 0 Å². The largest absolute Gasteiger partial charge is 0.380 e. The molecule has 2 rings (SSSR count). The zero-order chi connectivity index (χ0) is 15.4. The van der Waals surface area contributed by atoms with Crippen molar-refractivity contribution < 1.29 is 4.74 Å². The third kappa shape index (κ3) is 4.43. The molecule has 1 aliphatic carbocycles. The Kier molecular flexibility index (Phi) is 6.51. The first-order valence-electron chi connectivity index (χ1n) is 9.10. The molecule has 3 nitrogen and oxygen atoms in total. The Morgan fingerprint density at radius 1 is 1.10 bits per heavy atom. The molecule has 3 heteroatoms. The highest BCUT2D eigenvalue weighted by Crippen LogP contribution is 2.36. The maximum Gasteiger partial charge on any atom is 0.0622 e. The summed E-state index contributed by atoms with van der Waals surface area (Å²) in [7, 11) is 0. The predicted molar refractivity (Wildman–Crippen MR) is 89.6 cm³/mol. The summed E-state index contributed by atoms with van der Waals surface area (Å²) in [5.41, 5.74) is 0. The fraction of sp³-hybridized carbons (Fsp3) is 1.00. The van der Waals surface area contributed by atoms with Gasteiger partial charge in [0.05, 0.1) is 6.61 Å². The van der Waals surface area contributed by atoms with Crippen LogP contribution in [0, 0.1) is 17.8 Å². The highest BCUT2D eigenvalue weighted by molar-refractivity contribution is 4.97. The summed E-state index contributed by atoms with van der Waals surface area (Å²) >= 11 is 0. The monoisotopic (exact) mass is 296 g/mol. The van der Waals surface area contributed by atoms with Crippen LogP contribution in [0.25, 0.3) is 0 Å². The smallest absolute Gasteiger partial charge is 0.0622 e. The van der Waals surface area contributed by atoms with Crippen molar-refractivity contribution in [1.29, 1.82) is 0 Å². The maximum atomic E-state index is 5.71. The first-order chi connectivity index (χ1) is 10.0. The van der Waals surface area contributed by atoms with Crippen molar-refractivity contribution in [2.75, 3.05) is 26.3 Å². The maximum absolute atomic E-state index is 5.71. The van der Waals surface area contributed by atoms with Crippen molar-refractivity contribution in [1.82, 2.24) is 10.2 Å². The Labute approximate surface area is 131 Å². The molecule has 1 saturated carbocycles. The molecule has 1 N–H and O–H groups in total. The van der Waals surface area contributed by atoms with Crippen LogP contribution in [0.2, 0.25) is 0 Å². The van der Waals surface area contributed by atoms with Gasteiger partial charge in [0.15, 0.2) is 0 Å². The summed E-state index contributed by atoms with van der Waals surface area (Å²) in [5.74, 6) is 2.31. The van der Waals surface area contributed by atoms with Crippen LogP contribution in [0.4, 0.5) is 0 Å². The van der Waals surface area contributed by atoms with Crippen LogP contribution in [0.15, 0.2) is 0 Å². The van der Waals surface area contributed by atoms with Gasteiger partial charge in [-0.05, 0) is 51.4 Å². The Morgan fingerprint density at radius 3 is 2.19 bits per heavy atom. The van der Waals surface area contributed by atoms with Gasteiger partial charge in [-0.15, -0.1) is 0 Å². The van der Waals surface area contributed by atoms with E-state index in [1.54, 1.807) is 0 Å². The number of nitrogens with one attached hydrogen (secondary N) is 1. The first-order valence-corrected chi connectivity index (χ1v) is 9.10. The Balaban J connectivity index is 1.98. The normalized spacial score (nSPS) is 31.9. The van der Waals surface area contributed by atoms with Crippen molar-refractivity contribution in [2.45, 2.75) is 72.0 Å². The lowest BCUT2D eigenvalue weighted by Crippen LogP contribution is -2.61. The minimum atomic E-state index is 0.503. The van der Waals surface area contributed by atoms with E-state index < -0.39 is 0 Å². The van der Waals surface area contributed by atoms with Crippen LogP contribution in [0.1, 0.15) is 53.9 Å². The molecule has 0 aromatic rings. The third-order valence-corrected chi connectivity index (χ3v) is 5.55. The van der Waals surface area contributed by atoms with Gasteiger partial charge < -0.3 is 15.0 Å². The van der Waals surface area contributed by atoms with E-state index in [9.17, 15) is 0 Å². The van der Waals surface area contributed by atoms with Gasteiger partial charge in [0.1, 0.15) is 0 Å². The average Bonchev–Trinajstić information content (AvgIpc) is 2.42. The Hall–Kier alpha value is -0.120. The Bertz CT molecular complexity index is 292. The lowest BCUT2D eigenvalue weighted by atomic mass is 9.72. The number of ether oxygens (including phenoxy) is 1. The van der Waals surface area contributed by atoms with Crippen molar-refractivity contribution in [3.63, 3.8) is 0 Å². The van der Waals surface area contributed by atoms with E-state index >= 15 is 0 Å². The molecule has 0 aromatic carbocycles. The standard InChI is InChI=1S/C18H36N2O/c1-6-21-12-17(13(2)3)19-18-15-8-7-9-16(18)11-20(10-15)14(4)5/h13-19H,6-12H2,1-5H3. The number of rotatable bonds is 7. The van der Waals surface area contributed by atoms with Crippen LogP contribution in [0.5, 0.6) is 0 Å². The molecule has 0 amide bonds. The van der Waals surface area contributed by atoms with E-state index in [2.05, 4.69) is 44.8 Å². The van der Waals surface area contributed by atoms with Gasteiger partial charge in [0.2, 0.25) is 0 Å². The second-order valence-electron chi connectivity index (χ2n) is 7.70. The minimum Gasteiger partial charge on any atom is -0.380 e. The molecule has 0 spiro atoms. The van der Waals surface area contributed by atoms with Crippen LogP contribution < -0.4 is 5.32 Å². The number of nitrogens with zero attached hydrogens (tertiary/aromatic N) is 1. The number of hydrogen-bond donors (Lipinski definition) is 1. The summed E-state index contributed by atoms with van der Waals surface area (Å²) in [6.07, 6.45) is 4.23. The van der Waals surface area contributed by atoms with E-state index in [1.807, 2.05) is 0 Å². The van der Waals surface area contributed by atoms with Crippen molar-refractivity contribution in [3.05, 3.63) is 0 Å². The highest BCUT2D eigenvalue weighted by Gasteiger charge is 2.40. The summed E-state index contributed by atoms with van der Waals surface area (Å²) in [5, 5.41) is 4.00. The molecule has 1 saturated heterocycles. The number of piperidine rings is 1. The second-order valence-corrected chi connectivity index (χ2v) is 7.70. The number of hydrogen-bond acceptors (Lipinski definition) is 3. The van der Waals surface area contributed by atoms with E-state index in [0.717, 1.165) is 25.0 Å². The molecule has 21 heavy (non-hydrogen) atoms. The lowest BCUT2D eigenvalue weighted by molar-refractivity contribution is 0.0124. The molecule has 124 valence electrons. The van der Waals surface area contributed by atoms with Crippen molar-refractivity contribution in [3.8, 4) is 0 Å². The SMILES string of the molecule is CCOCC(NC1C2CCCC1CN(C(C)C)C2)C(C)C. The van der Waals surface area contributed by atoms with Crippen LogP contribution in [0.3, 0.4) is 0 Å². The predicted octanol–water partition coefficient (Wildman–Crippen LogP) is 3.15. The fourth-order valence-electron chi connectivity index (χ4n) is 4.09. The van der Waals surface area contributed by atoms with Crippen LogP contribution in [-0.2, 0) is 4.74 Å². The molecule has 2 aliphatic rings. The van der Waals surface area contributed by atoms with Gasteiger partial charge in [0.25, 0.3) is 0 Å². The number of fused-ring (bicyclic) bond motifs is 2. The van der Waals surface area contributed by atoms with Gasteiger partial charge in [-0.3, -0.25) is 0 Å². The quantitative estimate of drug-likeness (QED) is 0.781. The fourth-order valence-corrected chi connectivity index (χ4v) is 4.09. The molecule has 3 atom stereocenters. The van der Waals surface area contributed by atoms with E-state index in [-0.39, 0.29) is 0 Å². The summed E-state index contributed by atoms with van der Waals surface area (Å²) < 4.78 is 5.71. The molecule has 3 unspecified atom stereocenters. The van der Waals surface area contributed by atoms with E-state index in [4.69, 9.17) is 4.74 Å². The van der Waals surface area contributed by atoms with Gasteiger partial charge in [-0.1, -0.05) is 20.3 Å². The summed E-state index contributed by atoms with van der Waals surface area (Å²) in [4.78, 5) is 2.69. The van der Waals surface area contributed by atoms with E-state index in [0.29, 0.717) is 24.0 Å². The first kappa shape index (κ1) is 17.2. The molecule has 1 heterocycles. The molecule has 1 aliphatic heterocycles. The summed E-state index contributed by atoms with van der Waals surface area (Å²) in [6, 6.07) is 1.91. The van der Waals surface area contributed by atoms with Gasteiger partial charge >= 0.3 is 0 Å². The van der Waals surface area contributed by atoms with Crippen molar-refractivity contribution >= 4 is 0 Å². The van der Waals surface area contributed by atoms with Gasteiger partial charge in [0, 0.05) is 37.8 Å². The van der Waals surface area contributed by atoms with Crippen LogP contribution in [-0.4, -0.2) is 49.3 Å².